The number of rotatable bonds is 6. The minimum atomic E-state index is -0.310. The highest BCUT2D eigenvalue weighted by atomic mass is 16.5. The molecule has 0 bridgehead atoms. The molecule has 38 heavy (non-hydrogen) atoms. The first-order chi connectivity index (χ1) is 18.5. The van der Waals surface area contributed by atoms with E-state index < -0.39 is 0 Å². The second-order valence-electron chi connectivity index (χ2n) is 9.21. The number of nitrogens with one attached hydrogen (secondary N) is 1. The van der Waals surface area contributed by atoms with Gasteiger partial charge in [-0.2, -0.15) is 14.9 Å². The molecule has 3 aromatic carbocycles. The monoisotopic (exact) mass is 503 g/mol. The van der Waals surface area contributed by atoms with Crippen LogP contribution in [0.3, 0.4) is 0 Å². The van der Waals surface area contributed by atoms with Crippen LogP contribution in [0.2, 0.25) is 0 Å². The maximum Gasteiger partial charge on any atom is 0.263 e. The minimum Gasteiger partial charge on any atom is -0.484 e. The van der Waals surface area contributed by atoms with Gasteiger partial charge in [-0.15, -0.1) is 0 Å². The number of hydrogen-bond donors (Lipinski definition) is 1. The van der Waals surface area contributed by atoms with Crippen LogP contribution in [0.5, 0.6) is 5.75 Å². The van der Waals surface area contributed by atoms with Gasteiger partial charge in [0.15, 0.2) is 18.1 Å². The summed E-state index contributed by atoms with van der Waals surface area (Å²) in [6.45, 7) is 5.81. The molecular weight excluding hydrogens is 478 g/mol. The van der Waals surface area contributed by atoms with Crippen molar-refractivity contribution in [2.45, 2.75) is 20.8 Å². The zero-order valence-electron chi connectivity index (χ0n) is 21.2. The normalized spacial score (nSPS) is 11.2. The van der Waals surface area contributed by atoms with Gasteiger partial charge in [0.05, 0.1) is 23.0 Å². The lowest BCUT2D eigenvalue weighted by molar-refractivity contribution is -0.118. The quantitative estimate of drug-likeness (QED) is 0.340. The predicted octanol–water partition coefficient (Wildman–Crippen LogP) is 5.10. The summed E-state index contributed by atoms with van der Waals surface area (Å²) in [7, 11) is 0. The largest absolute Gasteiger partial charge is 0.484 e. The van der Waals surface area contributed by atoms with Gasteiger partial charge in [-0.1, -0.05) is 48.0 Å². The van der Waals surface area contributed by atoms with Gasteiger partial charge in [-0.05, 0) is 55.3 Å². The summed E-state index contributed by atoms with van der Waals surface area (Å²) in [4.78, 5) is 21.8. The summed E-state index contributed by atoms with van der Waals surface area (Å²) in [5, 5.41) is 14.9. The van der Waals surface area contributed by atoms with Crippen molar-refractivity contribution in [1.29, 1.82) is 0 Å². The fraction of sp³-hybridized carbons (Fsp3) is 0.138. The van der Waals surface area contributed by atoms with Crippen LogP contribution < -0.4 is 10.1 Å². The smallest absolute Gasteiger partial charge is 0.263 e. The summed E-state index contributed by atoms with van der Waals surface area (Å²) < 4.78 is 9.15. The third kappa shape index (κ3) is 4.34. The van der Waals surface area contributed by atoms with Crippen LogP contribution in [0.25, 0.3) is 33.3 Å². The molecule has 0 spiro atoms. The van der Waals surface area contributed by atoms with E-state index in [4.69, 9.17) is 4.74 Å². The van der Waals surface area contributed by atoms with E-state index in [2.05, 4.69) is 38.5 Å². The molecule has 0 unspecified atom stereocenters. The topological polar surface area (TPSA) is 99.8 Å². The molecule has 0 aliphatic rings. The highest BCUT2D eigenvalue weighted by Gasteiger charge is 2.18. The molecule has 0 saturated carbocycles. The Morgan fingerprint density at radius 3 is 2.61 bits per heavy atom. The molecule has 3 aromatic heterocycles. The fourth-order valence-corrected chi connectivity index (χ4v) is 4.55. The molecular formula is C29H25N7O2. The molecule has 0 fully saturated rings. The molecule has 9 heteroatoms. The first-order valence-electron chi connectivity index (χ1n) is 12.2. The van der Waals surface area contributed by atoms with Gasteiger partial charge in [0.1, 0.15) is 17.9 Å². The maximum atomic E-state index is 12.8. The van der Waals surface area contributed by atoms with E-state index in [0.29, 0.717) is 28.4 Å². The Kier molecular flexibility index (Phi) is 5.80. The van der Waals surface area contributed by atoms with Crippen molar-refractivity contribution in [2.75, 3.05) is 11.9 Å². The number of ether oxygens (including phenoxy) is 1. The van der Waals surface area contributed by atoms with Crippen LogP contribution in [0.15, 0.2) is 79.3 Å². The molecule has 0 aliphatic heterocycles. The molecule has 188 valence electrons. The van der Waals surface area contributed by atoms with Crippen molar-refractivity contribution in [1.82, 2.24) is 29.5 Å². The molecule has 6 aromatic rings. The molecule has 3 heterocycles. The summed E-state index contributed by atoms with van der Waals surface area (Å²) in [6, 6.07) is 21.7. The lowest BCUT2D eigenvalue weighted by atomic mass is 10.1. The zero-order chi connectivity index (χ0) is 26.2. The number of benzene rings is 3. The standard InChI is InChI=1S/C29H25N7O2/c1-18-8-11-25(19(2)12-18)35-28-24(15-32-35)29(31-17-30-28)36-26(13-20(3)34-36)33-27(37)16-38-23-10-9-21-6-4-5-7-22(21)14-23/h4-15,17H,16H2,1-3H3,(H,33,37). The molecule has 9 nitrogen and oxygen atoms in total. The third-order valence-electron chi connectivity index (χ3n) is 6.32. The molecule has 1 amide bonds. The molecule has 0 radical (unpaired) electrons. The van der Waals surface area contributed by atoms with Gasteiger partial charge in [0, 0.05) is 6.07 Å². The number of carbonyl (C=O) groups excluding carboxylic acids is 1. The first kappa shape index (κ1) is 23.4. The third-order valence-corrected chi connectivity index (χ3v) is 6.32. The Bertz CT molecular complexity index is 1820. The Hall–Kier alpha value is -5.05. The van der Waals surface area contributed by atoms with Crippen LogP contribution in [0, 0.1) is 20.8 Å². The van der Waals surface area contributed by atoms with Crippen molar-refractivity contribution in [3.05, 3.63) is 96.1 Å². The average molecular weight is 504 g/mol. The van der Waals surface area contributed by atoms with Crippen LogP contribution in [0.1, 0.15) is 16.8 Å². The molecule has 6 rings (SSSR count). The van der Waals surface area contributed by atoms with E-state index in [9.17, 15) is 4.79 Å². The van der Waals surface area contributed by atoms with Gasteiger partial charge in [-0.3, -0.25) is 4.79 Å². The number of nitrogens with zero attached hydrogens (tertiary/aromatic N) is 6. The van der Waals surface area contributed by atoms with Crippen molar-refractivity contribution >= 4 is 33.5 Å². The highest BCUT2D eigenvalue weighted by molar-refractivity contribution is 5.92. The minimum absolute atomic E-state index is 0.146. The van der Waals surface area contributed by atoms with Gasteiger partial charge < -0.3 is 10.1 Å². The number of anilines is 1. The first-order valence-corrected chi connectivity index (χ1v) is 12.2. The van der Waals surface area contributed by atoms with Gasteiger partial charge in [-0.25, -0.2) is 14.6 Å². The number of hydrogen-bond acceptors (Lipinski definition) is 6. The average Bonchev–Trinajstić information content (AvgIpc) is 3.50. The summed E-state index contributed by atoms with van der Waals surface area (Å²) >= 11 is 0. The number of aromatic nitrogens is 6. The van der Waals surface area contributed by atoms with Crippen molar-refractivity contribution in [3.63, 3.8) is 0 Å². The van der Waals surface area contributed by atoms with Crippen molar-refractivity contribution in [2.24, 2.45) is 0 Å². The molecule has 0 atom stereocenters. The Labute approximate surface area is 218 Å². The van der Waals surface area contributed by atoms with Gasteiger partial charge in [0.2, 0.25) is 0 Å². The Morgan fingerprint density at radius 1 is 0.921 bits per heavy atom. The van der Waals surface area contributed by atoms with Crippen molar-refractivity contribution < 1.29 is 9.53 Å². The van der Waals surface area contributed by atoms with E-state index in [1.807, 2.05) is 68.4 Å². The van der Waals surface area contributed by atoms with Crippen LogP contribution >= 0.6 is 0 Å². The summed E-state index contributed by atoms with van der Waals surface area (Å²) in [5.41, 5.74) is 4.57. The van der Waals surface area contributed by atoms with E-state index in [1.54, 1.807) is 21.6 Å². The Morgan fingerprint density at radius 2 is 1.76 bits per heavy atom. The molecule has 0 saturated heterocycles. The van der Waals surface area contributed by atoms with Crippen LogP contribution in [-0.2, 0) is 4.79 Å². The second-order valence-corrected chi connectivity index (χ2v) is 9.21. The highest BCUT2D eigenvalue weighted by Crippen LogP contribution is 2.26. The fourth-order valence-electron chi connectivity index (χ4n) is 4.55. The molecule has 0 aliphatic carbocycles. The van der Waals surface area contributed by atoms with Gasteiger partial charge >= 0.3 is 0 Å². The number of amides is 1. The van der Waals surface area contributed by atoms with E-state index in [1.165, 1.54) is 11.9 Å². The second kappa shape index (κ2) is 9.44. The molecule has 1 N–H and O–H groups in total. The lowest BCUT2D eigenvalue weighted by Gasteiger charge is -2.11. The van der Waals surface area contributed by atoms with Gasteiger partial charge in [0.25, 0.3) is 5.91 Å². The van der Waals surface area contributed by atoms with Crippen molar-refractivity contribution in [3.8, 4) is 17.3 Å². The SMILES string of the molecule is Cc1ccc(-n2ncc3c(-n4nc(C)cc4NC(=O)COc4ccc5ccccc5c4)ncnc32)c(C)c1. The van der Waals surface area contributed by atoms with E-state index in [-0.39, 0.29) is 12.5 Å². The lowest BCUT2D eigenvalue weighted by Crippen LogP contribution is -2.22. The van der Waals surface area contributed by atoms with Crippen LogP contribution in [-0.4, -0.2) is 42.0 Å². The Balaban J connectivity index is 1.26. The summed E-state index contributed by atoms with van der Waals surface area (Å²) in [6.07, 6.45) is 3.19. The maximum absolute atomic E-state index is 12.8. The van der Waals surface area contributed by atoms with Crippen LogP contribution in [0.4, 0.5) is 5.82 Å². The van der Waals surface area contributed by atoms with E-state index in [0.717, 1.165) is 27.7 Å². The predicted molar refractivity (Wildman–Crippen MR) is 146 cm³/mol. The number of fused-ring (bicyclic) bond motifs is 2. The number of carbonyl (C=O) groups is 1. The summed E-state index contributed by atoms with van der Waals surface area (Å²) in [5.74, 6) is 1.31. The zero-order valence-corrected chi connectivity index (χ0v) is 21.2. The number of aryl methyl sites for hydroxylation is 3. The van der Waals surface area contributed by atoms with E-state index >= 15 is 0 Å².